The molecule has 13 heavy (non-hydrogen) atoms. The summed E-state index contributed by atoms with van der Waals surface area (Å²) in [6, 6.07) is 10.1. The number of fused-ring (bicyclic) bond motifs is 1. The minimum absolute atomic E-state index is 0.285. The molecule has 0 spiro atoms. The van der Waals surface area contributed by atoms with Gasteiger partial charge >= 0.3 is 0 Å². The van der Waals surface area contributed by atoms with E-state index in [1.165, 1.54) is 10.1 Å². The van der Waals surface area contributed by atoms with Crippen LogP contribution >= 0.6 is 11.3 Å². The van der Waals surface area contributed by atoms with Crippen molar-refractivity contribution in [1.82, 2.24) is 0 Å². The molecule has 2 aromatic rings. The highest BCUT2D eigenvalue weighted by Gasteiger charge is 2.08. The molecule has 1 heterocycles. The van der Waals surface area contributed by atoms with Gasteiger partial charge in [-0.05, 0) is 17.5 Å². The van der Waals surface area contributed by atoms with Gasteiger partial charge in [0.05, 0.1) is 0 Å². The molecule has 1 aromatic heterocycles. The summed E-state index contributed by atoms with van der Waals surface area (Å²) in [5.41, 5.74) is 5.38. The highest BCUT2D eigenvalue weighted by atomic mass is 32.1. The molecule has 0 fully saturated rings. The van der Waals surface area contributed by atoms with E-state index < -0.39 is 6.10 Å². The second-order valence-corrected chi connectivity index (χ2v) is 4.05. The molecule has 1 unspecified atom stereocenters. The first-order valence-electron chi connectivity index (χ1n) is 4.18. The molecule has 1 aromatic carbocycles. The van der Waals surface area contributed by atoms with Crippen LogP contribution in [0.5, 0.6) is 0 Å². The van der Waals surface area contributed by atoms with E-state index in [1.54, 1.807) is 11.3 Å². The number of thiophene rings is 1. The smallest absolute Gasteiger partial charge is 0.100 e. The van der Waals surface area contributed by atoms with Crippen molar-refractivity contribution >= 4 is 21.4 Å². The van der Waals surface area contributed by atoms with Crippen molar-refractivity contribution in [1.29, 1.82) is 0 Å². The minimum Gasteiger partial charge on any atom is -0.386 e. The maximum Gasteiger partial charge on any atom is 0.100 e. The van der Waals surface area contributed by atoms with E-state index in [2.05, 4.69) is 0 Å². The third-order valence-corrected chi connectivity index (χ3v) is 3.21. The Hall–Kier alpha value is -0.900. The Bertz CT molecular complexity index is 377. The van der Waals surface area contributed by atoms with Crippen LogP contribution in [0.15, 0.2) is 30.3 Å². The summed E-state index contributed by atoms with van der Waals surface area (Å²) in [6.45, 7) is 0.285. The van der Waals surface area contributed by atoms with Gasteiger partial charge in [-0.1, -0.05) is 18.2 Å². The molecule has 0 amide bonds. The van der Waals surface area contributed by atoms with Crippen molar-refractivity contribution in [2.75, 3.05) is 6.54 Å². The lowest BCUT2D eigenvalue weighted by atomic mass is 10.2. The zero-order valence-corrected chi connectivity index (χ0v) is 7.92. The van der Waals surface area contributed by atoms with Crippen LogP contribution in [-0.4, -0.2) is 11.7 Å². The van der Waals surface area contributed by atoms with Gasteiger partial charge in [-0.3, -0.25) is 0 Å². The highest BCUT2D eigenvalue weighted by molar-refractivity contribution is 7.19. The minimum atomic E-state index is -0.516. The van der Waals surface area contributed by atoms with Gasteiger partial charge in [0.25, 0.3) is 0 Å². The summed E-state index contributed by atoms with van der Waals surface area (Å²) >= 11 is 1.60. The molecule has 0 aliphatic rings. The maximum atomic E-state index is 9.52. The Morgan fingerprint density at radius 3 is 2.85 bits per heavy atom. The van der Waals surface area contributed by atoms with Crippen LogP contribution in [0.1, 0.15) is 11.0 Å². The molecule has 3 heteroatoms. The van der Waals surface area contributed by atoms with E-state index in [9.17, 15) is 5.11 Å². The Labute approximate surface area is 80.6 Å². The molecule has 0 saturated heterocycles. The standard InChI is InChI=1S/C10H11NOS/c11-6-8(12)10-5-7-3-1-2-4-9(7)13-10/h1-5,8,12H,6,11H2. The molecular weight excluding hydrogens is 182 g/mol. The van der Waals surface area contributed by atoms with Gasteiger partial charge in [-0.2, -0.15) is 0 Å². The number of benzene rings is 1. The van der Waals surface area contributed by atoms with E-state index >= 15 is 0 Å². The number of nitrogens with two attached hydrogens (primary N) is 1. The molecule has 0 aliphatic heterocycles. The monoisotopic (exact) mass is 193 g/mol. The average molecular weight is 193 g/mol. The van der Waals surface area contributed by atoms with Crippen molar-refractivity contribution in [3.63, 3.8) is 0 Å². The SMILES string of the molecule is NCC(O)c1cc2ccccc2s1. The fourth-order valence-electron chi connectivity index (χ4n) is 1.28. The second kappa shape index (κ2) is 3.46. The molecule has 1 atom stereocenters. The van der Waals surface area contributed by atoms with Crippen molar-refractivity contribution in [2.24, 2.45) is 5.73 Å². The van der Waals surface area contributed by atoms with Gasteiger partial charge in [-0.15, -0.1) is 11.3 Å². The average Bonchev–Trinajstić information content (AvgIpc) is 2.59. The van der Waals surface area contributed by atoms with Gasteiger partial charge < -0.3 is 10.8 Å². The van der Waals surface area contributed by atoms with Gasteiger partial charge in [0, 0.05) is 16.1 Å². The van der Waals surface area contributed by atoms with Crippen LogP contribution in [0.2, 0.25) is 0 Å². The predicted molar refractivity (Wildman–Crippen MR) is 55.8 cm³/mol. The van der Waals surface area contributed by atoms with E-state index in [4.69, 9.17) is 5.73 Å². The fraction of sp³-hybridized carbons (Fsp3) is 0.200. The van der Waals surface area contributed by atoms with E-state index in [0.29, 0.717) is 0 Å². The Morgan fingerprint density at radius 2 is 2.15 bits per heavy atom. The van der Waals surface area contributed by atoms with Crippen LogP contribution in [0, 0.1) is 0 Å². The molecule has 0 bridgehead atoms. The summed E-state index contributed by atoms with van der Waals surface area (Å²) < 4.78 is 1.20. The molecule has 3 N–H and O–H groups in total. The summed E-state index contributed by atoms with van der Waals surface area (Å²) in [6.07, 6.45) is -0.516. The Morgan fingerprint density at radius 1 is 1.38 bits per heavy atom. The molecule has 2 rings (SSSR count). The number of aliphatic hydroxyl groups excluding tert-OH is 1. The summed E-state index contributed by atoms with van der Waals surface area (Å²) in [7, 11) is 0. The number of aliphatic hydroxyl groups is 1. The van der Waals surface area contributed by atoms with Gasteiger partial charge in [0.15, 0.2) is 0 Å². The second-order valence-electron chi connectivity index (χ2n) is 2.94. The molecule has 0 saturated carbocycles. The fourth-order valence-corrected chi connectivity index (χ4v) is 2.35. The van der Waals surface area contributed by atoms with Crippen molar-refractivity contribution in [2.45, 2.75) is 6.10 Å². The third kappa shape index (κ3) is 1.58. The largest absolute Gasteiger partial charge is 0.386 e. The van der Waals surface area contributed by atoms with E-state index in [0.717, 1.165) is 4.88 Å². The first-order chi connectivity index (χ1) is 6.31. The quantitative estimate of drug-likeness (QED) is 0.765. The lowest BCUT2D eigenvalue weighted by Crippen LogP contribution is -2.09. The van der Waals surface area contributed by atoms with Crippen LogP contribution in [0.3, 0.4) is 0 Å². The Kier molecular flexibility index (Phi) is 2.31. The van der Waals surface area contributed by atoms with Gasteiger partial charge in [0.1, 0.15) is 6.10 Å². The van der Waals surface area contributed by atoms with Crippen LogP contribution in [0.4, 0.5) is 0 Å². The first-order valence-corrected chi connectivity index (χ1v) is 4.99. The molecular formula is C10H11NOS. The normalized spacial score (nSPS) is 13.4. The van der Waals surface area contributed by atoms with E-state index in [1.807, 2.05) is 30.3 Å². The van der Waals surface area contributed by atoms with Crippen LogP contribution < -0.4 is 5.73 Å². The number of rotatable bonds is 2. The molecule has 2 nitrogen and oxygen atoms in total. The third-order valence-electron chi connectivity index (χ3n) is 2.00. The zero-order valence-electron chi connectivity index (χ0n) is 7.10. The summed E-state index contributed by atoms with van der Waals surface area (Å²) in [5, 5.41) is 10.7. The predicted octanol–water partition coefficient (Wildman–Crippen LogP) is 1.89. The topological polar surface area (TPSA) is 46.2 Å². The summed E-state index contributed by atoms with van der Waals surface area (Å²) in [5.74, 6) is 0. The molecule has 0 aliphatic carbocycles. The number of hydrogen-bond acceptors (Lipinski definition) is 3. The highest BCUT2D eigenvalue weighted by Crippen LogP contribution is 2.29. The van der Waals surface area contributed by atoms with Gasteiger partial charge in [0.2, 0.25) is 0 Å². The maximum absolute atomic E-state index is 9.52. The lowest BCUT2D eigenvalue weighted by molar-refractivity contribution is 0.190. The molecule has 68 valence electrons. The summed E-state index contributed by atoms with van der Waals surface area (Å²) in [4.78, 5) is 0.948. The van der Waals surface area contributed by atoms with E-state index in [-0.39, 0.29) is 6.54 Å². The van der Waals surface area contributed by atoms with Crippen LogP contribution in [-0.2, 0) is 0 Å². The van der Waals surface area contributed by atoms with Crippen LogP contribution in [0.25, 0.3) is 10.1 Å². The number of hydrogen-bond donors (Lipinski definition) is 2. The van der Waals surface area contributed by atoms with Crippen molar-refractivity contribution in [3.05, 3.63) is 35.2 Å². The Balaban J connectivity index is 2.49. The van der Waals surface area contributed by atoms with Crippen molar-refractivity contribution in [3.8, 4) is 0 Å². The van der Waals surface area contributed by atoms with Crippen molar-refractivity contribution < 1.29 is 5.11 Å². The zero-order chi connectivity index (χ0) is 9.26. The lowest BCUT2D eigenvalue weighted by Gasteiger charge is -2.01. The molecule has 0 radical (unpaired) electrons. The first kappa shape index (κ1) is 8.69. The van der Waals surface area contributed by atoms with Gasteiger partial charge in [-0.25, -0.2) is 0 Å².